The standard InChI is InChI=1S/C9H15NO/c1-4-8-9(5-2)11-7-6-10(8)3/h4-5H,6-7H2,1-3H3. The summed E-state index contributed by atoms with van der Waals surface area (Å²) in [5.74, 6) is 1.00. The van der Waals surface area contributed by atoms with Crippen LogP contribution >= 0.6 is 0 Å². The lowest BCUT2D eigenvalue weighted by Crippen LogP contribution is -2.29. The number of ether oxygens (including phenoxy) is 1. The molecule has 0 unspecified atom stereocenters. The summed E-state index contributed by atoms with van der Waals surface area (Å²) in [4.78, 5) is 2.21. The van der Waals surface area contributed by atoms with E-state index in [2.05, 4.69) is 18.0 Å². The fourth-order valence-electron chi connectivity index (χ4n) is 1.27. The smallest absolute Gasteiger partial charge is 0.138 e. The van der Waals surface area contributed by atoms with Crippen LogP contribution in [0.1, 0.15) is 13.8 Å². The molecule has 0 aromatic rings. The van der Waals surface area contributed by atoms with Gasteiger partial charge in [-0.25, -0.2) is 0 Å². The van der Waals surface area contributed by atoms with E-state index in [0.717, 1.165) is 18.9 Å². The molecule has 62 valence electrons. The highest BCUT2D eigenvalue weighted by Gasteiger charge is 2.14. The van der Waals surface area contributed by atoms with Gasteiger partial charge in [0.1, 0.15) is 12.4 Å². The molecule has 1 fully saturated rings. The highest BCUT2D eigenvalue weighted by atomic mass is 16.5. The summed E-state index contributed by atoms with van der Waals surface area (Å²) in [6.07, 6.45) is 4.08. The Morgan fingerprint density at radius 3 is 2.55 bits per heavy atom. The van der Waals surface area contributed by atoms with Gasteiger partial charge in [-0.15, -0.1) is 0 Å². The van der Waals surface area contributed by atoms with E-state index >= 15 is 0 Å². The van der Waals surface area contributed by atoms with E-state index in [4.69, 9.17) is 4.74 Å². The predicted molar refractivity (Wildman–Crippen MR) is 46.1 cm³/mol. The predicted octanol–water partition coefficient (Wildman–Crippen LogP) is 1.76. The van der Waals surface area contributed by atoms with Crippen molar-refractivity contribution in [2.24, 2.45) is 0 Å². The van der Waals surface area contributed by atoms with E-state index in [0.29, 0.717) is 0 Å². The lowest BCUT2D eigenvalue weighted by Gasteiger charge is -2.29. The molecule has 0 aromatic carbocycles. The van der Waals surface area contributed by atoms with Crippen molar-refractivity contribution in [3.63, 3.8) is 0 Å². The summed E-state index contributed by atoms with van der Waals surface area (Å²) in [6.45, 7) is 5.81. The van der Waals surface area contributed by atoms with Crippen molar-refractivity contribution < 1.29 is 4.74 Å². The molecule has 11 heavy (non-hydrogen) atoms. The topological polar surface area (TPSA) is 12.5 Å². The molecule has 0 bridgehead atoms. The summed E-state index contributed by atoms with van der Waals surface area (Å²) < 4.78 is 5.45. The van der Waals surface area contributed by atoms with Gasteiger partial charge in [-0.2, -0.15) is 0 Å². The molecule has 0 atom stereocenters. The number of morpholine rings is 1. The Morgan fingerprint density at radius 1 is 1.36 bits per heavy atom. The van der Waals surface area contributed by atoms with Crippen molar-refractivity contribution in [3.8, 4) is 0 Å². The van der Waals surface area contributed by atoms with Gasteiger partial charge in [0.05, 0.1) is 12.2 Å². The molecule has 1 saturated heterocycles. The van der Waals surface area contributed by atoms with Crippen LogP contribution in [0.4, 0.5) is 0 Å². The third-order valence-corrected chi connectivity index (χ3v) is 1.88. The molecule has 1 aliphatic heterocycles. The highest BCUT2D eigenvalue weighted by Crippen LogP contribution is 2.18. The summed E-state index contributed by atoms with van der Waals surface area (Å²) >= 11 is 0. The number of rotatable bonds is 0. The Hall–Kier alpha value is -0.920. The zero-order valence-corrected chi connectivity index (χ0v) is 7.42. The molecule has 2 nitrogen and oxygen atoms in total. The maximum atomic E-state index is 5.45. The second-order valence-electron chi connectivity index (χ2n) is 2.60. The Labute approximate surface area is 68.1 Å². The molecular formula is C9H15NO. The Bertz CT molecular complexity index is 194. The Morgan fingerprint density at radius 2 is 2.09 bits per heavy atom. The van der Waals surface area contributed by atoms with Crippen LogP contribution in [0.5, 0.6) is 0 Å². The summed E-state index contributed by atoms with van der Waals surface area (Å²) in [7, 11) is 2.08. The van der Waals surface area contributed by atoms with Gasteiger partial charge in [-0.1, -0.05) is 6.08 Å². The van der Waals surface area contributed by atoms with Crippen LogP contribution in [0.15, 0.2) is 23.6 Å². The summed E-state index contributed by atoms with van der Waals surface area (Å²) in [6, 6.07) is 0. The second kappa shape index (κ2) is 3.46. The van der Waals surface area contributed by atoms with Gasteiger partial charge in [-0.3, -0.25) is 0 Å². The third-order valence-electron chi connectivity index (χ3n) is 1.88. The van der Waals surface area contributed by atoms with Crippen LogP contribution in [-0.4, -0.2) is 25.1 Å². The van der Waals surface area contributed by atoms with E-state index in [1.807, 2.05) is 19.9 Å². The van der Waals surface area contributed by atoms with Crippen LogP contribution in [0.2, 0.25) is 0 Å². The van der Waals surface area contributed by atoms with Crippen LogP contribution in [0.3, 0.4) is 0 Å². The maximum absolute atomic E-state index is 5.45. The first-order valence-corrected chi connectivity index (χ1v) is 3.96. The number of likely N-dealkylation sites (N-methyl/N-ethyl adjacent to an activating group) is 1. The quantitative estimate of drug-likeness (QED) is 0.525. The monoisotopic (exact) mass is 153 g/mol. The minimum atomic E-state index is 0.799. The number of hydrogen-bond acceptors (Lipinski definition) is 2. The van der Waals surface area contributed by atoms with E-state index in [9.17, 15) is 0 Å². The minimum Gasteiger partial charge on any atom is -0.490 e. The number of nitrogens with zero attached hydrogens (tertiary/aromatic N) is 1. The van der Waals surface area contributed by atoms with E-state index in [1.54, 1.807) is 0 Å². The lowest BCUT2D eigenvalue weighted by molar-refractivity contribution is 0.141. The van der Waals surface area contributed by atoms with Crippen molar-refractivity contribution in [3.05, 3.63) is 23.6 Å². The molecule has 2 heteroatoms. The zero-order valence-electron chi connectivity index (χ0n) is 7.42. The largest absolute Gasteiger partial charge is 0.490 e. The average molecular weight is 153 g/mol. The van der Waals surface area contributed by atoms with Gasteiger partial charge in [0.2, 0.25) is 0 Å². The normalized spacial score (nSPS) is 25.9. The zero-order chi connectivity index (χ0) is 8.27. The highest BCUT2D eigenvalue weighted by molar-refractivity contribution is 5.24. The van der Waals surface area contributed by atoms with Gasteiger partial charge >= 0.3 is 0 Å². The summed E-state index contributed by atoms with van der Waals surface area (Å²) in [5, 5.41) is 0. The first kappa shape index (κ1) is 8.18. The van der Waals surface area contributed by atoms with Gasteiger partial charge in [0.25, 0.3) is 0 Å². The number of allylic oxidation sites excluding steroid dienone is 2. The fraction of sp³-hybridized carbons (Fsp3) is 0.556. The molecule has 0 radical (unpaired) electrons. The Kier molecular flexibility index (Phi) is 2.58. The van der Waals surface area contributed by atoms with E-state index < -0.39 is 0 Å². The van der Waals surface area contributed by atoms with Crippen molar-refractivity contribution in [1.29, 1.82) is 0 Å². The summed E-state index contributed by atoms with van der Waals surface area (Å²) in [5.41, 5.74) is 1.19. The molecular weight excluding hydrogens is 138 g/mol. The molecule has 0 aromatic heterocycles. The fourth-order valence-corrected chi connectivity index (χ4v) is 1.27. The van der Waals surface area contributed by atoms with E-state index in [1.165, 1.54) is 5.70 Å². The van der Waals surface area contributed by atoms with E-state index in [-0.39, 0.29) is 0 Å². The van der Waals surface area contributed by atoms with Crippen LogP contribution in [0.25, 0.3) is 0 Å². The first-order chi connectivity index (χ1) is 5.29. The van der Waals surface area contributed by atoms with Gasteiger partial charge in [0.15, 0.2) is 0 Å². The van der Waals surface area contributed by atoms with Crippen molar-refractivity contribution in [2.75, 3.05) is 20.2 Å². The van der Waals surface area contributed by atoms with Crippen molar-refractivity contribution in [1.82, 2.24) is 4.90 Å². The molecule has 1 rings (SSSR count). The molecule has 0 spiro atoms. The molecule has 0 amide bonds. The van der Waals surface area contributed by atoms with Crippen LogP contribution < -0.4 is 0 Å². The van der Waals surface area contributed by atoms with Crippen LogP contribution in [0, 0.1) is 0 Å². The Balaban J connectivity index is 2.81. The third kappa shape index (κ3) is 1.56. The molecule has 0 saturated carbocycles. The maximum Gasteiger partial charge on any atom is 0.138 e. The molecule has 1 aliphatic rings. The van der Waals surface area contributed by atoms with Gasteiger partial charge in [-0.05, 0) is 19.9 Å². The average Bonchev–Trinajstić information content (AvgIpc) is 2.04. The van der Waals surface area contributed by atoms with Crippen LogP contribution in [-0.2, 0) is 4.74 Å². The van der Waals surface area contributed by atoms with Crippen molar-refractivity contribution in [2.45, 2.75) is 13.8 Å². The number of hydrogen-bond donors (Lipinski definition) is 0. The second-order valence-corrected chi connectivity index (χ2v) is 2.60. The lowest BCUT2D eigenvalue weighted by atomic mass is 10.2. The molecule has 0 aliphatic carbocycles. The molecule has 0 N–H and O–H groups in total. The minimum absolute atomic E-state index is 0.799. The first-order valence-electron chi connectivity index (χ1n) is 3.96. The van der Waals surface area contributed by atoms with Crippen molar-refractivity contribution >= 4 is 0 Å². The van der Waals surface area contributed by atoms with Gasteiger partial charge < -0.3 is 9.64 Å². The van der Waals surface area contributed by atoms with Gasteiger partial charge in [0, 0.05) is 7.05 Å². The molecule has 1 heterocycles. The SMILES string of the molecule is CC=C1OCCN(C)C1=CC.